The Kier molecular flexibility index (Phi) is 4.60. The van der Waals surface area contributed by atoms with Crippen LogP contribution in [0.15, 0.2) is 0 Å². The Balaban J connectivity index is 2.34. The van der Waals surface area contributed by atoms with Crippen molar-refractivity contribution in [1.82, 2.24) is 9.80 Å². The second-order valence-electron chi connectivity index (χ2n) is 3.70. The molecular weight excluding hydrogens is 192 g/mol. The van der Waals surface area contributed by atoms with E-state index in [1.807, 2.05) is 6.92 Å². The third-order valence-corrected chi connectivity index (χ3v) is 2.52. The van der Waals surface area contributed by atoms with E-state index in [-0.39, 0.29) is 5.91 Å². The lowest BCUT2D eigenvalue weighted by molar-refractivity contribution is -0.140. The Morgan fingerprint density at radius 2 is 2.00 bits per heavy atom. The third kappa shape index (κ3) is 3.54. The fourth-order valence-electron chi connectivity index (χ4n) is 1.58. The molecule has 1 unspecified atom stereocenters. The van der Waals surface area contributed by atoms with Crippen LogP contribution in [-0.2, 0) is 4.79 Å². The van der Waals surface area contributed by atoms with Crippen LogP contribution in [-0.4, -0.2) is 59.6 Å². The van der Waals surface area contributed by atoms with Crippen LogP contribution in [0.1, 0.15) is 13.8 Å². The van der Waals surface area contributed by atoms with Gasteiger partial charge in [-0.2, -0.15) is 0 Å². The Bertz CT molecular complexity index is 270. The maximum absolute atomic E-state index is 11.4. The van der Waals surface area contributed by atoms with Crippen LogP contribution in [0.25, 0.3) is 0 Å². The van der Waals surface area contributed by atoms with Gasteiger partial charge in [-0.3, -0.25) is 9.69 Å². The number of hydrogen-bond donors (Lipinski definition) is 1. The monoisotopic (exact) mass is 210 g/mol. The van der Waals surface area contributed by atoms with Crippen LogP contribution in [0.5, 0.6) is 0 Å². The maximum atomic E-state index is 11.4. The van der Waals surface area contributed by atoms with Gasteiger partial charge in [0.2, 0.25) is 0 Å². The average molecular weight is 210 g/mol. The molecule has 1 N–H and O–H groups in total. The molecule has 15 heavy (non-hydrogen) atoms. The number of carbonyl (C=O) groups excluding carboxylic acids is 1. The number of hydrogen-bond acceptors (Lipinski definition) is 3. The summed E-state index contributed by atoms with van der Waals surface area (Å²) in [6.45, 7) is 7.17. The van der Waals surface area contributed by atoms with Gasteiger partial charge in [-0.25, -0.2) is 0 Å². The molecule has 1 rings (SSSR count). The third-order valence-electron chi connectivity index (χ3n) is 2.52. The van der Waals surface area contributed by atoms with E-state index in [1.54, 1.807) is 4.90 Å². The van der Waals surface area contributed by atoms with Crippen molar-refractivity contribution in [2.75, 3.05) is 32.7 Å². The van der Waals surface area contributed by atoms with E-state index >= 15 is 0 Å². The molecule has 1 aliphatic rings. The van der Waals surface area contributed by atoms with Gasteiger partial charge < -0.3 is 10.0 Å². The SMILES string of the molecule is CC#CCN1CCN(C(=O)C(C)O)CC1. The van der Waals surface area contributed by atoms with Crippen LogP contribution in [0.2, 0.25) is 0 Å². The minimum Gasteiger partial charge on any atom is -0.384 e. The van der Waals surface area contributed by atoms with Gasteiger partial charge >= 0.3 is 0 Å². The zero-order valence-electron chi connectivity index (χ0n) is 9.36. The number of aliphatic hydroxyl groups excluding tert-OH is 1. The van der Waals surface area contributed by atoms with E-state index in [2.05, 4.69) is 16.7 Å². The van der Waals surface area contributed by atoms with Crippen LogP contribution >= 0.6 is 0 Å². The molecule has 0 aromatic carbocycles. The number of rotatable bonds is 2. The molecule has 1 atom stereocenters. The number of aliphatic hydroxyl groups is 1. The predicted octanol–water partition coefficient (Wildman–Crippen LogP) is -0.465. The summed E-state index contributed by atoms with van der Waals surface area (Å²) >= 11 is 0. The van der Waals surface area contributed by atoms with Crippen LogP contribution in [0, 0.1) is 11.8 Å². The van der Waals surface area contributed by atoms with Crippen molar-refractivity contribution in [2.45, 2.75) is 20.0 Å². The molecule has 1 amide bonds. The second-order valence-corrected chi connectivity index (χ2v) is 3.70. The van der Waals surface area contributed by atoms with Crippen molar-refractivity contribution in [3.05, 3.63) is 0 Å². The summed E-state index contributed by atoms with van der Waals surface area (Å²) in [6, 6.07) is 0. The highest BCUT2D eigenvalue weighted by Crippen LogP contribution is 2.03. The molecule has 0 spiro atoms. The summed E-state index contributed by atoms with van der Waals surface area (Å²) < 4.78 is 0. The predicted molar refractivity (Wildman–Crippen MR) is 58.2 cm³/mol. The zero-order valence-corrected chi connectivity index (χ0v) is 9.36. The molecule has 0 aromatic heterocycles. The number of carbonyl (C=O) groups is 1. The van der Waals surface area contributed by atoms with Crippen molar-refractivity contribution < 1.29 is 9.90 Å². The van der Waals surface area contributed by atoms with Crippen molar-refractivity contribution in [3.8, 4) is 11.8 Å². The van der Waals surface area contributed by atoms with Crippen molar-refractivity contribution in [3.63, 3.8) is 0 Å². The second kappa shape index (κ2) is 5.74. The van der Waals surface area contributed by atoms with E-state index in [0.717, 1.165) is 19.6 Å². The Morgan fingerprint density at radius 3 is 2.47 bits per heavy atom. The lowest BCUT2D eigenvalue weighted by atomic mass is 10.2. The van der Waals surface area contributed by atoms with E-state index in [1.165, 1.54) is 6.92 Å². The van der Waals surface area contributed by atoms with Crippen LogP contribution < -0.4 is 0 Å². The van der Waals surface area contributed by atoms with Gasteiger partial charge in [0, 0.05) is 26.2 Å². The summed E-state index contributed by atoms with van der Waals surface area (Å²) in [5.41, 5.74) is 0. The summed E-state index contributed by atoms with van der Waals surface area (Å²) in [7, 11) is 0. The van der Waals surface area contributed by atoms with E-state index < -0.39 is 6.10 Å². The molecule has 1 aliphatic heterocycles. The topological polar surface area (TPSA) is 43.8 Å². The zero-order chi connectivity index (χ0) is 11.3. The minimum atomic E-state index is -0.882. The molecule has 1 heterocycles. The average Bonchev–Trinajstić information content (AvgIpc) is 2.26. The first-order valence-electron chi connectivity index (χ1n) is 5.24. The molecule has 0 radical (unpaired) electrons. The van der Waals surface area contributed by atoms with E-state index in [4.69, 9.17) is 5.11 Å². The lowest BCUT2D eigenvalue weighted by Gasteiger charge is -2.34. The quantitative estimate of drug-likeness (QED) is 0.627. The Hall–Kier alpha value is -1.05. The standard InChI is InChI=1S/C11H18N2O2/c1-3-4-5-12-6-8-13(9-7-12)11(15)10(2)14/h10,14H,5-9H2,1-2H3. The van der Waals surface area contributed by atoms with Gasteiger partial charge in [0.1, 0.15) is 6.10 Å². The summed E-state index contributed by atoms with van der Waals surface area (Å²) in [5, 5.41) is 9.15. The number of amides is 1. The molecule has 0 aliphatic carbocycles. The highest BCUT2D eigenvalue weighted by molar-refractivity contribution is 5.80. The number of piperazine rings is 1. The fourth-order valence-corrected chi connectivity index (χ4v) is 1.58. The van der Waals surface area contributed by atoms with Crippen LogP contribution in [0.4, 0.5) is 0 Å². The highest BCUT2D eigenvalue weighted by Gasteiger charge is 2.22. The van der Waals surface area contributed by atoms with Gasteiger partial charge in [-0.1, -0.05) is 5.92 Å². The molecule has 0 saturated carbocycles. The fraction of sp³-hybridized carbons (Fsp3) is 0.727. The molecule has 1 fully saturated rings. The summed E-state index contributed by atoms with van der Waals surface area (Å²) in [6.07, 6.45) is -0.882. The highest BCUT2D eigenvalue weighted by atomic mass is 16.3. The Labute approximate surface area is 90.9 Å². The van der Waals surface area contributed by atoms with Crippen molar-refractivity contribution in [2.24, 2.45) is 0 Å². The van der Waals surface area contributed by atoms with Crippen molar-refractivity contribution in [1.29, 1.82) is 0 Å². The summed E-state index contributed by atoms with van der Waals surface area (Å²) in [5.74, 6) is 5.69. The van der Waals surface area contributed by atoms with E-state index in [9.17, 15) is 4.79 Å². The molecule has 4 nitrogen and oxygen atoms in total. The molecule has 4 heteroatoms. The van der Waals surface area contributed by atoms with Gasteiger partial charge in [-0.15, -0.1) is 5.92 Å². The van der Waals surface area contributed by atoms with Gasteiger partial charge in [0.05, 0.1) is 6.54 Å². The van der Waals surface area contributed by atoms with Crippen LogP contribution in [0.3, 0.4) is 0 Å². The first-order chi connectivity index (χ1) is 7.15. The van der Waals surface area contributed by atoms with Gasteiger partial charge in [-0.05, 0) is 13.8 Å². The smallest absolute Gasteiger partial charge is 0.251 e. The van der Waals surface area contributed by atoms with E-state index in [0.29, 0.717) is 13.1 Å². The van der Waals surface area contributed by atoms with Gasteiger partial charge in [0.25, 0.3) is 5.91 Å². The van der Waals surface area contributed by atoms with Gasteiger partial charge in [0.15, 0.2) is 0 Å². The first-order valence-corrected chi connectivity index (χ1v) is 5.24. The number of nitrogens with zero attached hydrogens (tertiary/aromatic N) is 2. The normalized spacial score (nSPS) is 19.3. The summed E-state index contributed by atoms with van der Waals surface area (Å²) in [4.78, 5) is 15.4. The molecule has 0 bridgehead atoms. The lowest BCUT2D eigenvalue weighted by Crippen LogP contribution is -2.51. The van der Waals surface area contributed by atoms with Crippen molar-refractivity contribution >= 4 is 5.91 Å². The molecule has 1 saturated heterocycles. The minimum absolute atomic E-state index is 0.170. The molecule has 0 aromatic rings. The largest absolute Gasteiger partial charge is 0.384 e. The first kappa shape index (κ1) is 12.0. The molecule has 84 valence electrons. The molecular formula is C11H18N2O2. The Morgan fingerprint density at radius 1 is 1.40 bits per heavy atom. The maximum Gasteiger partial charge on any atom is 0.251 e.